The predicted octanol–water partition coefficient (Wildman–Crippen LogP) is 2.57. The first kappa shape index (κ1) is 12.9. The van der Waals surface area contributed by atoms with Crippen LogP contribution in [0.2, 0.25) is 0 Å². The summed E-state index contributed by atoms with van der Waals surface area (Å²) in [6.07, 6.45) is 6.13. The predicted molar refractivity (Wildman–Crippen MR) is 57.8 cm³/mol. The molecule has 0 saturated heterocycles. The highest BCUT2D eigenvalue weighted by atomic mass is 16.5. The van der Waals surface area contributed by atoms with E-state index in [0.717, 1.165) is 13.0 Å². The Labute approximate surface area is 82.8 Å². The molecule has 0 aliphatic rings. The fourth-order valence-corrected chi connectivity index (χ4v) is 1.64. The van der Waals surface area contributed by atoms with Crippen molar-refractivity contribution in [2.75, 3.05) is 13.7 Å². The van der Waals surface area contributed by atoms with Crippen molar-refractivity contribution < 1.29 is 4.74 Å². The van der Waals surface area contributed by atoms with Crippen LogP contribution in [-0.2, 0) is 4.74 Å². The van der Waals surface area contributed by atoms with Crippen molar-refractivity contribution in [2.45, 2.75) is 52.0 Å². The van der Waals surface area contributed by atoms with E-state index >= 15 is 0 Å². The van der Waals surface area contributed by atoms with E-state index in [1.807, 2.05) is 0 Å². The van der Waals surface area contributed by atoms with Crippen molar-refractivity contribution in [3.8, 4) is 0 Å². The Morgan fingerprint density at radius 1 is 1.31 bits per heavy atom. The van der Waals surface area contributed by atoms with Gasteiger partial charge in [-0.15, -0.1) is 0 Å². The van der Waals surface area contributed by atoms with Crippen LogP contribution in [0.15, 0.2) is 0 Å². The summed E-state index contributed by atoms with van der Waals surface area (Å²) < 4.78 is 5.07. The molecule has 0 aromatic rings. The van der Waals surface area contributed by atoms with E-state index in [1.54, 1.807) is 7.11 Å². The van der Waals surface area contributed by atoms with Crippen LogP contribution in [0.25, 0.3) is 0 Å². The first-order chi connectivity index (χ1) is 6.20. The summed E-state index contributed by atoms with van der Waals surface area (Å²) >= 11 is 0. The van der Waals surface area contributed by atoms with Crippen LogP contribution in [-0.4, -0.2) is 19.8 Å². The van der Waals surface area contributed by atoms with Crippen molar-refractivity contribution in [2.24, 2.45) is 11.7 Å². The molecule has 0 bridgehead atoms. The maximum atomic E-state index is 5.99. The third-order valence-electron chi connectivity index (χ3n) is 2.33. The lowest BCUT2D eigenvalue weighted by Gasteiger charge is -2.16. The summed E-state index contributed by atoms with van der Waals surface area (Å²) in [6.45, 7) is 5.25. The summed E-state index contributed by atoms with van der Waals surface area (Å²) in [5, 5.41) is 0. The van der Waals surface area contributed by atoms with E-state index in [-0.39, 0.29) is 0 Å². The minimum Gasteiger partial charge on any atom is -0.384 e. The van der Waals surface area contributed by atoms with E-state index in [2.05, 4.69) is 13.8 Å². The summed E-state index contributed by atoms with van der Waals surface area (Å²) in [6, 6.07) is 0.372. The average molecular weight is 187 g/mol. The number of unbranched alkanes of at least 4 members (excludes halogenated alkanes) is 2. The molecule has 2 unspecified atom stereocenters. The number of ether oxygens (including phenoxy) is 1. The van der Waals surface area contributed by atoms with Crippen molar-refractivity contribution in [3.63, 3.8) is 0 Å². The molecule has 80 valence electrons. The van der Waals surface area contributed by atoms with E-state index in [1.165, 1.54) is 25.7 Å². The van der Waals surface area contributed by atoms with Crippen molar-refractivity contribution in [1.29, 1.82) is 0 Å². The molecule has 0 aliphatic heterocycles. The van der Waals surface area contributed by atoms with Crippen molar-refractivity contribution in [1.82, 2.24) is 0 Å². The second-order valence-corrected chi connectivity index (χ2v) is 4.05. The smallest absolute Gasteiger partial charge is 0.0488 e. The van der Waals surface area contributed by atoms with Gasteiger partial charge >= 0.3 is 0 Å². The lowest BCUT2D eigenvalue weighted by atomic mass is 9.99. The van der Waals surface area contributed by atoms with Crippen LogP contribution in [0.3, 0.4) is 0 Å². The molecule has 2 atom stereocenters. The summed E-state index contributed by atoms with van der Waals surface area (Å²) in [4.78, 5) is 0. The molecule has 0 amide bonds. The number of rotatable bonds is 8. The van der Waals surface area contributed by atoms with Crippen LogP contribution in [0.1, 0.15) is 46.0 Å². The molecule has 13 heavy (non-hydrogen) atoms. The Kier molecular flexibility index (Phi) is 8.46. The Bertz CT molecular complexity index is 106. The van der Waals surface area contributed by atoms with E-state index in [0.29, 0.717) is 12.0 Å². The molecule has 2 N–H and O–H groups in total. The van der Waals surface area contributed by atoms with Gasteiger partial charge in [-0.1, -0.05) is 33.1 Å². The lowest BCUT2D eigenvalue weighted by molar-refractivity contribution is 0.151. The van der Waals surface area contributed by atoms with E-state index in [9.17, 15) is 0 Å². The quantitative estimate of drug-likeness (QED) is 0.593. The molecule has 0 aromatic carbocycles. The molecule has 0 aromatic heterocycles. The number of hydrogen-bond acceptors (Lipinski definition) is 2. The van der Waals surface area contributed by atoms with Gasteiger partial charge in [0.25, 0.3) is 0 Å². The van der Waals surface area contributed by atoms with Crippen LogP contribution < -0.4 is 5.73 Å². The third-order valence-corrected chi connectivity index (χ3v) is 2.33. The zero-order valence-corrected chi connectivity index (χ0v) is 9.38. The SMILES string of the molecule is CCCCCC(N)CC(C)COC. The highest BCUT2D eigenvalue weighted by Crippen LogP contribution is 2.10. The van der Waals surface area contributed by atoms with Crippen LogP contribution in [0, 0.1) is 5.92 Å². The van der Waals surface area contributed by atoms with E-state index < -0.39 is 0 Å². The molecule has 2 nitrogen and oxygen atoms in total. The van der Waals surface area contributed by atoms with Gasteiger partial charge in [0.1, 0.15) is 0 Å². The monoisotopic (exact) mass is 187 g/mol. The van der Waals surface area contributed by atoms with Crippen molar-refractivity contribution >= 4 is 0 Å². The Hall–Kier alpha value is -0.0800. The van der Waals surface area contributed by atoms with Crippen LogP contribution in [0.4, 0.5) is 0 Å². The molecule has 0 spiro atoms. The fourth-order valence-electron chi connectivity index (χ4n) is 1.64. The highest BCUT2D eigenvalue weighted by molar-refractivity contribution is 4.65. The van der Waals surface area contributed by atoms with Gasteiger partial charge in [-0.05, 0) is 18.8 Å². The molecule has 0 aliphatic carbocycles. The number of hydrogen-bond donors (Lipinski definition) is 1. The summed E-state index contributed by atoms with van der Waals surface area (Å²) in [5.41, 5.74) is 5.99. The zero-order chi connectivity index (χ0) is 10.1. The first-order valence-corrected chi connectivity index (χ1v) is 5.45. The molecular weight excluding hydrogens is 162 g/mol. The molecule has 0 fully saturated rings. The van der Waals surface area contributed by atoms with Gasteiger partial charge in [0.2, 0.25) is 0 Å². The largest absolute Gasteiger partial charge is 0.384 e. The maximum absolute atomic E-state index is 5.99. The van der Waals surface area contributed by atoms with E-state index in [4.69, 9.17) is 10.5 Å². The zero-order valence-electron chi connectivity index (χ0n) is 9.38. The minimum atomic E-state index is 0.372. The normalized spacial score (nSPS) is 15.7. The molecule has 2 heteroatoms. The Morgan fingerprint density at radius 3 is 2.54 bits per heavy atom. The van der Waals surface area contributed by atoms with Gasteiger partial charge in [-0.2, -0.15) is 0 Å². The number of methoxy groups -OCH3 is 1. The highest BCUT2D eigenvalue weighted by Gasteiger charge is 2.08. The maximum Gasteiger partial charge on any atom is 0.0488 e. The van der Waals surface area contributed by atoms with Gasteiger partial charge < -0.3 is 10.5 Å². The molecule has 0 saturated carbocycles. The second-order valence-electron chi connectivity index (χ2n) is 4.05. The van der Waals surface area contributed by atoms with Gasteiger partial charge in [0, 0.05) is 19.8 Å². The van der Waals surface area contributed by atoms with Gasteiger partial charge in [0.15, 0.2) is 0 Å². The second kappa shape index (κ2) is 8.52. The van der Waals surface area contributed by atoms with Gasteiger partial charge in [-0.3, -0.25) is 0 Å². The van der Waals surface area contributed by atoms with Crippen molar-refractivity contribution in [3.05, 3.63) is 0 Å². The Balaban J connectivity index is 3.32. The molecule has 0 heterocycles. The average Bonchev–Trinajstić information content (AvgIpc) is 2.05. The minimum absolute atomic E-state index is 0.372. The lowest BCUT2D eigenvalue weighted by Crippen LogP contribution is -2.24. The standard InChI is InChI=1S/C11H25NO/c1-4-5-6-7-11(12)8-10(2)9-13-3/h10-11H,4-9,12H2,1-3H3. The van der Waals surface area contributed by atoms with Crippen LogP contribution >= 0.6 is 0 Å². The Morgan fingerprint density at radius 2 is 2.00 bits per heavy atom. The molecule has 0 radical (unpaired) electrons. The summed E-state index contributed by atoms with van der Waals surface area (Å²) in [5.74, 6) is 0.599. The van der Waals surface area contributed by atoms with Crippen LogP contribution in [0.5, 0.6) is 0 Å². The topological polar surface area (TPSA) is 35.2 Å². The first-order valence-electron chi connectivity index (χ1n) is 5.45. The number of nitrogens with two attached hydrogens (primary N) is 1. The fraction of sp³-hybridized carbons (Fsp3) is 1.00. The van der Waals surface area contributed by atoms with Gasteiger partial charge in [-0.25, -0.2) is 0 Å². The molecule has 0 rings (SSSR count). The van der Waals surface area contributed by atoms with Gasteiger partial charge in [0.05, 0.1) is 0 Å². The summed E-state index contributed by atoms with van der Waals surface area (Å²) in [7, 11) is 1.75. The molecular formula is C11H25NO. The third kappa shape index (κ3) is 8.26.